The highest BCUT2D eigenvalue weighted by Gasteiger charge is 2.34. The van der Waals surface area contributed by atoms with Gasteiger partial charge in [0, 0.05) is 4.88 Å². The van der Waals surface area contributed by atoms with Gasteiger partial charge in [0.15, 0.2) is 0 Å². The summed E-state index contributed by atoms with van der Waals surface area (Å²) in [4.78, 5) is 25.1. The van der Waals surface area contributed by atoms with Crippen LogP contribution in [0.5, 0.6) is 0 Å². The fourth-order valence-electron chi connectivity index (χ4n) is 2.99. The number of amides is 1. The molecule has 6 heteroatoms. The monoisotopic (exact) mass is 339 g/mol. The lowest BCUT2D eigenvalue weighted by Crippen LogP contribution is -2.26. The largest absolute Gasteiger partial charge is 0.465 e. The van der Waals surface area contributed by atoms with Crippen molar-refractivity contribution in [1.82, 2.24) is 0 Å². The minimum Gasteiger partial charge on any atom is -0.465 e. The summed E-state index contributed by atoms with van der Waals surface area (Å²) in [6.07, 6.45) is 2.26. The Morgan fingerprint density at radius 3 is 2.61 bits per heavy atom. The van der Waals surface area contributed by atoms with Crippen LogP contribution in [0, 0.1) is 11.3 Å². The number of carbonyl (C=O) groups is 2. The summed E-state index contributed by atoms with van der Waals surface area (Å²) in [7, 11) is 1.36. The molecule has 23 heavy (non-hydrogen) atoms. The molecule has 1 atom stereocenters. The summed E-state index contributed by atoms with van der Waals surface area (Å²) in [5, 5.41) is 3.23. The van der Waals surface area contributed by atoms with Gasteiger partial charge >= 0.3 is 12.1 Å². The predicted molar refractivity (Wildman–Crippen MR) is 91.3 cm³/mol. The third-order valence-electron chi connectivity index (χ3n) is 4.37. The molecule has 1 aromatic rings. The van der Waals surface area contributed by atoms with E-state index >= 15 is 0 Å². The van der Waals surface area contributed by atoms with Crippen molar-refractivity contribution in [2.24, 2.45) is 11.3 Å². The zero-order valence-electron chi connectivity index (χ0n) is 14.4. The Morgan fingerprint density at radius 1 is 1.35 bits per heavy atom. The van der Waals surface area contributed by atoms with Gasteiger partial charge in [-0.05, 0) is 43.1 Å². The van der Waals surface area contributed by atoms with E-state index in [0.29, 0.717) is 16.5 Å². The fourth-order valence-corrected chi connectivity index (χ4v) is 4.29. The van der Waals surface area contributed by atoms with Crippen LogP contribution in [0.2, 0.25) is 0 Å². The first kappa shape index (κ1) is 17.8. The van der Waals surface area contributed by atoms with Gasteiger partial charge in [-0.1, -0.05) is 20.8 Å². The number of ether oxygens (including phenoxy) is 2. The molecule has 0 aliphatic heterocycles. The van der Waals surface area contributed by atoms with E-state index in [-0.39, 0.29) is 12.0 Å². The SMILES string of the molecule is CCOC(=O)Nc1sc2c(c1C(=O)OC)CC[C@@H](C(C)(C)C)C2. The van der Waals surface area contributed by atoms with Gasteiger partial charge in [0.05, 0.1) is 19.3 Å². The van der Waals surface area contributed by atoms with Gasteiger partial charge in [-0.25, -0.2) is 9.59 Å². The second-order valence-electron chi connectivity index (χ2n) is 6.85. The zero-order chi connectivity index (χ0) is 17.2. The van der Waals surface area contributed by atoms with Crippen LogP contribution in [0.1, 0.15) is 54.9 Å². The Morgan fingerprint density at radius 2 is 2.04 bits per heavy atom. The van der Waals surface area contributed by atoms with Crippen molar-refractivity contribution in [3.05, 3.63) is 16.0 Å². The lowest BCUT2D eigenvalue weighted by Gasteiger charge is -2.33. The highest BCUT2D eigenvalue weighted by molar-refractivity contribution is 7.17. The molecule has 1 amide bonds. The molecule has 2 rings (SSSR count). The summed E-state index contributed by atoms with van der Waals surface area (Å²) < 4.78 is 9.84. The van der Waals surface area contributed by atoms with E-state index in [1.165, 1.54) is 23.3 Å². The molecule has 1 heterocycles. The van der Waals surface area contributed by atoms with Crippen LogP contribution in [-0.4, -0.2) is 25.8 Å². The van der Waals surface area contributed by atoms with E-state index in [0.717, 1.165) is 24.8 Å². The molecule has 1 aliphatic carbocycles. The maximum absolute atomic E-state index is 12.2. The third-order valence-corrected chi connectivity index (χ3v) is 5.54. The molecule has 1 N–H and O–H groups in total. The van der Waals surface area contributed by atoms with Crippen molar-refractivity contribution in [2.75, 3.05) is 19.0 Å². The molecule has 1 aromatic heterocycles. The molecule has 128 valence electrons. The lowest BCUT2D eigenvalue weighted by atomic mass is 9.72. The Bertz CT molecular complexity index is 600. The highest BCUT2D eigenvalue weighted by atomic mass is 32.1. The molecular formula is C17H25NO4S. The van der Waals surface area contributed by atoms with E-state index in [1.54, 1.807) is 6.92 Å². The second kappa shape index (κ2) is 6.91. The van der Waals surface area contributed by atoms with E-state index in [2.05, 4.69) is 26.1 Å². The van der Waals surface area contributed by atoms with Crippen LogP contribution < -0.4 is 5.32 Å². The van der Waals surface area contributed by atoms with Gasteiger partial charge < -0.3 is 9.47 Å². The minimum absolute atomic E-state index is 0.224. The quantitative estimate of drug-likeness (QED) is 0.836. The Hall–Kier alpha value is -1.56. The fraction of sp³-hybridized carbons (Fsp3) is 0.647. The van der Waals surface area contributed by atoms with E-state index in [9.17, 15) is 9.59 Å². The van der Waals surface area contributed by atoms with Crippen LogP contribution in [0.25, 0.3) is 0 Å². The van der Waals surface area contributed by atoms with Crippen LogP contribution in [0.4, 0.5) is 9.80 Å². The summed E-state index contributed by atoms with van der Waals surface area (Å²) in [6.45, 7) is 8.77. The predicted octanol–water partition coefficient (Wildman–Crippen LogP) is 4.25. The zero-order valence-corrected chi connectivity index (χ0v) is 15.3. The van der Waals surface area contributed by atoms with Crippen LogP contribution in [0.15, 0.2) is 0 Å². The van der Waals surface area contributed by atoms with Crippen molar-refractivity contribution >= 4 is 28.4 Å². The summed E-state index contributed by atoms with van der Waals surface area (Å²) in [5.41, 5.74) is 1.74. The Balaban J connectivity index is 2.35. The number of anilines is 1. The first-order chi connectivity index (χ1) is 10.8. The van der Waals surface area contributed by atoms with E-state index in [4.69, 9.17) is 9.47 Å². The lowest BCUT2D eigenvalue weighted by molar-refractivity contribution is 0.0600. The van der Waals surface area contributed by atoms with Gasteiger partial charge in [0.1, 0.15) is 5.00 Å². The number of methoxy groups -OCH3 is 1. The number of hydrogen-bond acceptors (Lipinski definition) is 5. The molecule has 0 bridgehead atoms. The first-order valence-corrected chi connectivity index (χ1v) is 8.76. The van der Waals surface area contributed by atoms with Crippen molar-refractivity contribution < 1.29 is 19.1 Å². The molecule has 0 radical (unpaired) electrons. The van der Waals surface area contributed by atoms with Gasteiger partial charge in [-0.15, -0.1) is 11.3 Å². The average Bonchev–Trinajstić information content (AvgIpc) is 2.82. The van der Waals surface area contributed by atoms with Crippen molar-refractivity contribution in [3.8, 4) is 0 Å². The summed E-state index contributed by atoms with van der Waals surface area (Å²) in [5.74, 6) is 0.165. The number of hydrogen-bond donors (Lipinski definition) is 1. The van der Waals surface area contributed by atoms with Crippen LogP contribution in [-0.2, 0) is 22.3 Å². The normalized spacial score (nSPS) is 17.3. The number of carbonyl (C=O) groups excluding carboxylic acids is 2. The van der Waals surface area contributed by atoms with Crippen LogP contribution >= 0.6 is 11.3 Å². The van der Waals surface area contributed by atoms with Gasteiger partial charge in [-0.3, -0.25) is 5.32 Å². The van der Waals surface area contributed by atoms with Gasteiger partial charge in [0.2, 0.25) is 0 Å². The van der Waals surface area contributed by atoms with E-state index < -0.39 is 12.1 Å². The number of nitrogens with one attached hydrogen (secondary N) is 1. The minimum atomic E-state index is -0.538. The smallest absolute Gasteiger partial charge is 0.412 e. The van der Waals surface area contributed by atoms with Crippen LogP contribution in [0.3, 0.4) is 0 Å². The molecule has 0 saturated heterocycles. The third kappa shape index (κ3) is 3.86. The standard InChI is InChI=1S/C17H25NO4S/c1-6-22-16(20)18-14-13(15(19)21-5)11-8-7-10(17(2,3)4)9-12(11)23-14/h10H,6-9H2,1-5H3,(H,18,20)/t10-/m1/s1. The molecule has 1 aliphatic rings. The highest BCUT2D eigenvalue weighted by Crippen LogP contribution is 2.44. The number of esters is 1. The van der Waals surface area contributed by atoms with Crippen molar-refractivity contribution in [3.63, 3.8) is 0 Å². The summed E-state index contributed by atoms with van der Waals surface area (Å²) in [6, 6.07) is 0. The molecule has 0 unspecified atom stereocenters. The Labute approximate surface area is 141 Å². The maximum atomic E-state index is 12.2. The molecule has 0 fully saturated rings. The van der Waals surface area contributed by atoms with Crippen molar-refractivity contribution in [2.45, 2.75) is 47.0 Å². The van der Waals surface area contributed by atoms with Gasteiger partial charge in [0.25, 0.3) is 0 Å². The molecule has 0 aromatic carbocycles. The molecule has 5 nitrogen and oxygen atoms in total. The number of thiophene rings is 1. The average molecular weight is 339 g/mol. The maximum Gasteiger partial charge on any atom is 0.412 e. The second-order valence-corrected chi connectivity index (χ2v) is 7.96. The first-order valence-electron chi connectivity index (χ1n) is 7.94. The molecular weight excluding hydrogens is 314 g/mol. The van der Waals surface area contributed by atoms with E-state index in [1.807, 2.05) is 0 Å². The number of fused-ring (bicyclic) bond motifs is 1. The van der Waals surface area contributed by atoms with Crippen molar-refractivity contribution in [1.29, 1.82) is 0 Å². The Kier molecular flexibility index (Phi) is 5.34. The number of rotatable bonds is 3. The van der Waals surface area contributed by atoms with Gasteiger partial charge in [-0.2, -0.15) is 0 Å². The topological polar surface area (TPSA) is 64.6 Å². The molecule has 0 spiro atoms. The summed E-state index contributed by atoms with van der Waals surface area (Å²) >= 11 is 1.47. The molecule has 0 saturated carbocycles.